The lowest BCUT2D eigenvalue weighted by atomic mass is 10.2. The highest BCUT2D eigenvalue weighted by atomic mass is 16.2. The van der Waals surface area contributed by atoms with Gasteiger partial charge in [0.15, 0.2) is 5.82 Å². The number of tetrazole rings is 1. The number of pyridine rings is 1. The van der Waals surface area contributed by atoms with Crippen molar-refractivity contribution in [2.75, 3.05) is 5.32 Å². The van der Waals surface area contributed by atoms with Crippen molar-refractivity contribution >= 4 is 11.7 Å². The maximum Gasteiger partial charge on any atom is 0.319 e. The fraction of sp³-hybridized carbons (Fsp3) is 0.188. The van der Waals surface area contributed by atoms with Gasteiger partial charge < -0.3 is 10.6 Å². The van der Waals surface area contributed by atoms with Crippen LogP contribution in [0.3, 0.4) is 0 Å². The topological polar surface area (TPSA) is 97.6 Å². The number of carbonyl (C=O) groups is 1. The highest BCUT2D eigenvalue weighted by Crippen LogP contribution is 2.19. The molecule has 2 N–H and O–H groups in total. The maximum absolute atomic E-state index is 12.0. The molecule has 0 saturated carbocycles. The highest BCUT2D eigenvalue weighted by molar-refractivity contribution is 5.89. The summed E-state index contributed by atoms with van der Waals surface area (Å²) in [7, 11) is 0. The second-order valence-corrected chi connectivity index (χ2v) is 5.31. The predicted octanol–water partition coefficient (Wildman–Crippen LogP) is 2.00. The van der Waals surface area contributed by atoms with Crippen LogP contribution in [0, 0.1) is 13.8 Å². The Kier molecular flexibility index (Phi) is 4.46. The second kappa shape index (κ2) is 6.86. The molecule has 8 heteroatoms. The van der Waals surface area contributed by atoms with Gasteiger partial charge in [-0.15, -0.1) is 5.10 Å². The Morgan fingerprint density at radius 3 is 2.83 bits per heavy atom. The normalized spacial score (nSPS) is 10.4. The van der Waals surface area contributed by atoms with Crippen LogP contribution >= 0.6 is 0 Å². The Labute approximate surface area is 138 Å². The van der Waals surface area contributed by atoms with Crippen molar-refractivity contribution in [1.82, 2.24) is 30.5 Å². The van der Waals surface area contributed by atoms with E-state index in [9.17, 15) is 4.79 Å². The quantitative estimate of drug-likeness (QED) is 0.765. The maximum atomic E-state index is 12.0. The predicted molar refractivity (Wildman–Crippen MR) is 88.7 cm³/mol. The minimum atomic E-state index is -0.290. The molecular weight excluding hydrogens is 306 g/mol. The fourth-order valence-electron chi connectivity index (χ4n) is 2.23. The number of amides is 2. The first-order valence-corrected chi connectivity index (χ1v) is 7.43. The van der Waals surface area contributed by atoms with Crippen LogP contribution in [0.25, 0.3) is 5.69 Å². The first-order chi connectivity index (χ1) is 11.6. The van der Waals surface area contributed by atoms with Gasteiger partial charge in [0, 0.05) is 24.6 Å². The molecule has 2 heterocycles. The van der Waals surface area contributed by atoms with Crippen molar-refractivity contribution in [2.45, 2.75) is 20.4 Å². The minimum absolute atomic E-state index is 0.290. The number of hydrogen-bond acceptors (Lipinski definition) is 5. The summed E-state index contributed by atoms with van der Waals surface area (Å²) in [5, 5.41) is 17.1. The van der Waals surface area contributed by atoms with Crippen molar-refractivity contribution in [3.63, 3.8) is 0 Å². The summed E-state index contributed by atoms with van der Waals surface area (Å²) in [6.07, 6.45) is 3.41. The van der Waals surface area contributed by atoms with E-state index in [4.69, 9.17) is 0 Å². The number of nitrogens with one attached hydrogen (secondary N) is 2. The van der Waals surface area contributed by atoms with Gasteiger partial charge in [0.25, 0.3) is 0 Å². The van der Waals surface area contributed by atoms with Crippen LogP contribution in [-0.2, 0) is 6.54 Å². The Balaban J connectivity index is 1.69. The summed E-state index contributed by atoms with van der Waals surface area (Å²) in [5.41, 5.74) is 3.42. The van der Waals surface area contributed by atoms with Crippen LogP contribution < -0.4 is 10.6 Å². The third kappa shape index (κ3) is 3.54. The number of hydrogen-bond donors (Lipinski definition) is 2. The lowest BCUT2D eigenvalue weighted by Crippen LogP contribution is -2.28. The van der Waals surface area contributed by atoms with Gasteiger partial charge in [0.2, 0.25) is 0 Å². The second-order valence-electron chi connectivity index (χ2n) is 5.31. The highest BCUT2D eigenvalue weighted by Gasteiger charge is 2.09. The smallest absolute Gasteiger partial charge is 0.319 e. The molecule has 2 aromatic heterocycles. The van der Waals surface area contributed by atoms with Crippen LogP contribution in [0.1, 0.15) is 17.0 Å². The molecule has 0 saturated heterocycles. The average Bonchev–Trinajstić information content (AvgIpc) is 3.01. The standard InChI is InChI=1S/C16H17N7O/c1-11-5-6-14(8-15(11)23-12(2)20-21-22-23)19-16(24)18-10-13-4-3-7-17-9-13/h3-9H,10H2,1-2H3,(H2,18,19,24). The molecule has 0 aliphatic heterocycles. The third-order valence-electron chi connectivity index (χ3n) is 3.50. The Bertz CT molecular complexity index is 845. The number of benzene rings is 1. The van der Waals surface area contributed by atoms with Crippen LogP contribution in [0.4, 0.5) is 10.5 Å². The van der Waals surface area contributed by atoms with Crippen LogP contribution in [0.2, 0.25) is 0 Å². The fourth-order valence-corrected chi connectivity index (χ4v) is 2.23. The number of aromatic nitrogens is 5. The number of anilines is 1. The molecule has 0 aliphatic rings. The lowest BCUT2D eigenvalue weighted by molar-refractivity contribution is 0.251. The van der Waals surface area contributed by atoms with Gasteiger partial charge in [-0.2, -0.15) is 4.68 Å². The first-order valence-electron chi connectivity index (χ1n) is 7.43. The first kappa shape index (κ1) is 15.6. The number of rotatable bonds is 4. The van der Waals surface area contributed by atoms with Gasteiger partial charge in [0.1, 0.15) is 0 Å². The average molecular weight is 323 g/mol. The monoisotopic (exact) mass is 323 g/mol. The summed E-state index contributed by atoms with van der Waals surface area (Å²) in [4.78, 5) is 16.1. The van der Waals surface area contributed by atoms with E-state index in [0.29, 0.717) is 18.1 Å². The molecule has 122 valence electrons. The molecular formula is C16H17N7O. The summed E-state index contributed by atoms with van der Waals surface area (Å²) in [6.45, 7) is 4.19. The number of aryl methyl sites for hydroxylation is 2. The molecule has 24 heavy (non-hydrogen) atoms. The van der Waals surface area contributed by atoms with Crippen LogP contribution in [0.15, 0.2) is 42.7 Å². The summed E-state index contributed by atoms with van der Waals surface area (Å²) >= 11 is 0. The van der Waals surface area contributed by atoms with E-state index in [1.807, 2.05) is 44.2 Å². The molecule has 0 spiro atoms. The van der Waals surface area contributed by atoms with Gasteiger partial charge in [-0.05, 0) is 53.6 Å². The molecule has 0 atom stereocenters. The Hall–Kier alpha value is -3.29. The Morgan fingerprint density at radius 2 is 2.12 bits per heavy atom. The molecule has 1 aromatic carbocycles. The van der Waals surface area contributed by atoms with E-state index in [1.54, 1.807) is 17.1 Å². The van der Waals surface area contributed by atoms with Crippen molar-refractivity contribution in [3.05, 3.63) is 59.7 Å². The molecule has 0 aliphatic carbocycles. The van der Waals surface area contributed by atoms with E-state index in [2.05, 4.69) is 31.1 Å². The summed E-state index contributed by atoms with van der Waals surface area (Å²) in [6, 6.07) is 9.02. The van der Waals surface area contributed by atoms with Gasteiger partial charge in [-0.1, -0.05) is 12.1 Å². The van der Waals surface area contributed by atoms with Gasteiger partial charge in [-0.25, -0.2) is 4.79 Å². The summed E-state index contributed by atoms with van der Waals surface area (Å²) in [5.74, 6) is 0.677. The van der Waals surface area contributed by atoms with E-state index in [1.165, 1.54) is 0 Å². The van der Waals surface area contributed by atoms with Gasteiger partial charge in [0.05, 0.1) is 5.69 Å². The SMILES string of the molecule is Cc1ccc(NC(=O)NCc2cccnc2)cc1-n1nnnc1C. The summed E-state index contributed by atoms with van der Waals surface area (Å²) < 4.78 is 1.63. The zero-order chi connectivity index (χ0) is 16.9. The number of carbonyl (C=O) groups excluding carboxylic acids is 1. The van der Waals surface area contributed by atoms with Crippen molar-refractivity contribution in [1.29, 1.82) is 0 Å². The third-order valence-corrected chi connectivity index (χ3v) is 3.50. The number of nitrogens with zero attached hydrogens (tertiary/aromatic N) is 5. The van der Waals surface area contributed by atoms with Gasteiger partial charge in [-0.3, -0.25) is 4.98 Å². The van der Waals surface area contributed by atoms with Crippen LogP contribution in [0.5, 0.6) is 0 Å². The van der Waals surface area contributed by atoms with Crippen molar-refractivity contribution in [2.24, 2.45) is 0 Å². The molecule has 0 radical (unpaired) electrons. The largest absolute Gasteiger partial charge is 0.334 e. The molecule has 0 fully saturated rings. The molecule has 2 amide bonds. The van der Waals surface area contributed by atoms with E-state index in [0.717, 1.165) is 16.8 Å². The number of urea groups is 1. The molecule has 8 nitrogen and oxygen atoms in total. The Morgan fingerprint density at radius 1 is 1.25 bits per heavy atom. The zero-order valence-electron chi connectivity index (χ0n) is 13.4. The zero-order valence-corrected chi connectivity index (χ0v) is 13.4. The molecule has 3 aromatic rings. The molecule has 3 rings (SSSR count). The van der Waals surface area contributed by atoms with Crippen molar-refractivity contribution < 1.29 is 4.79 Å². The van der Waals surface area contributed by atoms with Crippen molar-refractivity contribution in [3.8, 4) is 5.69 Å². The van der Waals surface area contributed by atoms with Crippen LogP contribution in [-0.4, -0.2) is 31.2 Å². The van der Waals surface area contributed by atoms with E-state index in [-0.39, 0.29) is 6.03 Å². The van der Waals surface area contributed by atoms with E-state index >= 15 is 0 Å². The van der Waals surface area contributed by atoms with E-state index < -0.39 is 0 Å². The minimum Gasteiger partial charge on any atom is -0.334 e. The lowest BCUT2D eigenvalue weighted by Gasteiger charge is -2.11. The molecule has 0 bridgehead atoms. The van der Waals surface area contributed by atoms with Gasteiger partial charge >= 0.3 is 6.03 Å². The molecule has 0 unspecified atom stereocenters.